The predicted octanol–water partition coefficient (Wildman–Crippen LogP) is 2.40. The minimum atomic E-state index is -0.676. The molecule has 1 atom stereocenters. The van der Waals surface area contributed by atoms with Gasteiger partial charge in [-0.3, -0.25) is 4.79 Å². The highest BCUT2D eigenvalue weighted by molar-refractivity contribution is 9.11. The van der Waals surface area contributed by atoms with Crippen LogP contribution < -0.4 is 0 Å². The third-order valence-corrected chi connectivity index (χ3v) is 2.98. The molecule has 0 aromatic heterocycles. The average molecular weight is 305 g/mol. The minimum absolute atomic E-state index is 0.268. The number of allylic oxidation sites excluding steroid dienone is 3. The van der Waals surface area contributed by atoms with Crippen LogP contribution in [0.15, 0.2) is 22.4 Å². The summed E-state index contributed by atoms with van der Waals surface area (Å²) in [6.07, 6.45) is 4.20. The molecule has 1 aliphatic carbocycles. The van der Waals surface area contributed by atoms with Gasteiger partial charge in [-0.05, 0) is 13.0 Å². The molecule has 0 saturated carbocycles. The van der Waals surface area contributed by atoms with Crippen LogP contribution in [0.4, 0.5) is 0 Å². The van der Waals surface area contributed by atoms with E-state index in [0.29, 0.717) is 19.6 Å². The van der Waals surface area contributed by atoms with E-state index in [4.69, 9.17) is 14.2 Å². The van der Waals surface area contributed by atoms with E-state index in [0.717, 1.165) is 10.2 Å². The second kappa shape index (κ2) is 6.21. The van der Waals surface area contributed by atoms with Crippen LogP contribution in [0.2, 0.25) is 0 Å². The maximum atomic E-state index is 11.7. The zero-order chi connectivity index (χ0) is 12.9. The van der Waals surface area contributed by atoms with Crippen molar-refractivity contribution >= 4 is 21.9 Å². The van der Waals surface area contributed by atoms with Crippen LogP contribution in [0.5, 0.6) is 0 Å². The topological polar surface area (TPSA) is 44.8 Å². The molecule has 96 valence electrons. The molecule has 0 fully saturated rings. The number of ether oxygens (including phenoxy) is 3. The van der Waals surface area contributed by atoms with Crippen LogP contribution in [-0.4, -0.2) is 33.4 Å². The molecule has 4 nitrogen and oxygen atoms in total. The Morgan fingerprint density at radius 3 is 2.76 bits per heavy atom. The first-order valence-electron chi connectivity index (χ1n) is 5.31. The summed E-state index contributed by atoms with van der Waals surface area (Å²) in [5.74, 6) is 0.486. The van der Waals surface area contributed by atoms with Crippen LogP contribution in [0.1, 0.15) is 13.3 Å². The number of halogens is 1. The van der Waals surface area contributed by atoms with Gasteiger partial charge >= 0.3 is 5.97 Å². The van der Waals surface area contributed by atoms with Crippen molar-refractivity contribution in [2.24, 2.45) is 5.41 Å². The summed E-state index contributed by atoms with van der Waals surface area (Å²) in [4.78, 5) is 11.7. The first-order chi connectivity index (χ1) is 8.01. The fourth-order valence-corrected chi connectivity index (χ4v) is 2.44. The van der Waals surface area contributed by atoms with Crippen molar-refractivity contribution in [1.82, 2.24) is 0 Å². The second-order valence-electron chi connectivity index (χ2n) is 4.07. The zero-order valence-corrected chi connectivity index (χ0v) is 11.9. The van der Waals surface area contributed by atoms with Crippen molar-refractivity contribution < 1.29 is 19.0 Å². The van der Waals surface area contributed by atoms with Gasteiger partial charge in [-0.1, -0.05) is 22.0 Å². The maximum Gasteiger partial charge on any atom is 0.315 e. The molecule has 0 spiro atoms. The highest BCUT2D eigenvalue weighted by Crippen LogP contribution is 2.37. The Bertz CT molecular complexity index is 348. The minimum Gasteiger partial charge on any atom is -0.495 e. The number of carbonyl (C=O) groups excluding carboxylic acids is 1. The van der Waals surface area contributed by atoms with E-state index in [1.165, 1.54) is 7.11 Å². The molecule has 0 heterocycles. The van der Waals surface area contributed by atoms with Crippen molar-refractivity contribution in [2.45, 2.75) is 13.3 Å². The molecule has 1 rings (SSSR count). The van der Waals surface area contributed by atoms with E-state index in [1.54, 1.807) is 7.11 Å². The Balaban J connectivity index is 2.71. The SMILES string of the molecule is COCCOC1=CC(Br)=CC(C)(C(=O)OC)C1. The summed E-state index contributed by atoms with van der Waals surface area (Å²) in [7, 11) is 3.01. The first-order valence-corrected chi connectivity index (χ1v) is 6.10. The standard InChI is InChI=1S/C12H17BrO4/c1-12(11(14)16-3)7-9(13)6-10(8-12)17-5-4-15-2/h6-7H,4-5,8H2,1-3H3. The van der Waals surface area contributed by atoms with Gasteiger partial charge in [0.2, 0.25) is 0 Å². The highest BCUT2D eigenvalue weighted by Gasteiger charge is 2.36. The van der Waals surface area contributed by atoms with Crippen LogP contribution in [-0.2, 0) is 19.0 Å². The smallest absolute Gasteiger partial charge is 0.315 e. The van der Waals surface area contributed by atoms with Gasteiger partial charge in [-0.2, -0.15) is 0 Å². The molecule has 1 aliphatic rings. The van der Waals surface area contributed by atoms with Crippen molar-refractivity contribution in [3.05, 3.63) is 22.4 Å². The van der Waals surface area contributed by atoms with Crippen molar-refractivity contribution in [3.63, 3.8) is 0 Å². The van der Waals surface area contributed by atoms with Crippen LogP contribution in [0.25, 0.3) is 0 Å². The Kier molecular flexibility index (Phi) is 5.21. The van der Waals surface area contributed by atoms with Gasteiger partial charge in [0.1, 0.15) is 6.61 Å². The van der Waals surface area contributed by atoms with Gasteiger partial charge in [-0.15, -0.1) is 0 Å². The number of hydrogen-bond donors (Lipinski definition) is 0. The Morgan fingerprint density at radius 1 is 1.47 bits per heavy atom. The van der Waals surface area contributed by atoms with Crippen LogP contribution >= 0.6 is 15.9 Å². The lowest BCUT2D eigenvalue weighted by molar-refractivity contribution is -0.149. The molecule has 0 saturated heterocycles. The fourth-order valence-electron chi connectivity index (χ4n) is 1.68. The molecule has 0 aromatic rings. The van der Waals surface area contributed by atoms with Gasteiger partial charge in [0.25, 0.3) is 0 Å². The normalized spacial score (nSPS) is 23.8. The van der Waals surface area contributed by atoms with Crippen molar-refractivity contribution in [1.29, 1.82) is 0 Å². The summed E-state index contributed by atoms with van der Waals surface area (Å²) >= 11 is 3.38. The third kappa shape index (κ3) is 3.85. The molecule has 0 aromatic carbocycles. The third-order valence-electron chi connectivity index (χ3n) is 2.52. The number of methoxy groups -OCH3 is 2. The summed E-state index contributed by atoms with van der Waals surface area (Å²) in [5.41, 5.74) is -0.676. The molecule has 5 heteroatoms. The fraction of sp³-hybridized carbons (Fsp3) is 0.583. The maximum absolute atomic E-state index is 11.7. The number of esters is 1. The quantitative estimate of drug-likeness (QED) is 0.578. The Hall–Kier alpha value is -0.810. The Labute approximate surface area is 110 Å². The van der Waals surface area contributed by atoms with Crippen LogP contribution in [0.3, 0.4) is 0 Å². The lowest BCUT2D eigenvalue weighted by Gasteiger charge is -2.27. The lowest BCUT2D eigenvalue weighted by Crippen LogP contribution is -2.30. The zero-order valence-electron chi connectivity index (χ0n) is 10.3. The van der Waals surface area contributed by atoms with Gasteiger partial charge in [0.15, 0.2) is 0 Å². The molecule has 0 N–H and O–H groups in total. The van der Waals surface area contributed by atoms with Gasteiger partial charge in [0, 0.05) is 18.0 Å². The second-order valence-corrected chi connectivity index (χ2v) is 4.98. The number of carbonyl (C=O) groups is 1. The molecule has 17 heavy (non-hydrogen) atoms. The van der Waals surface area contributed by atoms with Gasteiger partial charge in [0.05, 0.1) is 24.9 Å². The largest absolute Gasteiger partial charge is 0.495 e. The Morgan fingerprint density at radius 2 is 2.18 bits per heavy atom. The highest BCUT2D eigenvalue weighted by atomic mass is 79.9. The molecule has 0 amide bonds. The van der Waals surface area contributed by atoms with E-state index in [9.17, 15) is 4.79 Å². The van der Waals surface area contributed by atoms with E-state index >= 15 is 0 Å². The molecule has 1 unspecified atom stereocenters. The summed E-state index contributed by atoms with van der Waals surface area (Å²) in [5, 5.41) is 0. The molecule has 0 bridgehead atoms. The first kappa shape index (κ1) is 14.3. The van der Waals surface area contributed by atoms with Gasteiger partial charge in [-0.25, -0.2) is 0 Å². The predicted molar refractivity (Wildman–Crippen MR) is 67.7 cm³/mol. The average Bonchev–Trinajstić information content (AvgIpc) is 2.27. The van der Waals surface area contributed by atoms with Gasteiger partial charge < -0.3 is 14.2 Å². The monoisotopic (exact) mass is 304 g/mol. The summed E-state index contributed by atoms with van der Waals surface area (Å²) in [6, 6.07) is 0. The number of hydrogen-bond acceptors (Lipinski definition) is 4. The lowest BCUT2D eigenvalue weighted by atomic mass is 9.83. The van der Waals surface area contributed by atoms with E-state index in [-0.39, 0.29) is 5.97 Å². The summed E-state index contributed by atoms with van der Waals surface area (Å²) < 4.78 is 16.1. The van der Waals surface area contributed by atoms with Crippen molar-refractivity contribution in [3.8, 4) is 0 Å². The van der Waals surface area contributed by atoms with Crippen molar-refractivity contribution in [2.75, 3.05) is 27.4 Å². The van der Waals surface area contributed by atoms with Crippen LogP contribution in [0, 0.1) is 5.41 Å². The molecular formula is C12H17BrO4. The van der Waals surface area contributed by atoms with E-state index in [2.05, 4.69) is 15.9 Å². The van der Waals surface area contributed by atoms with E-state index in [1.807, 2.05) is 19.1 Å². The molecule has 0 aliphatic heterocycles. The molecule has 0 radical (unpaired) electrons. The van der Waals surface area contributed by atoms with E-state index < -0.39 is 5.41 Å². The molecular weight excluding hydrogens is 288 g/mol. The summed E-state index contributed by atoms with van der Waals surface area (Å²) in [6.45, 7) is 2.82. The number of rotatable bonds is 5.